The summed E-state index contributed by atoms with van der Waals surface area (Å²) in [5.74, 6) is 0. The highest BCUT2D eigenvalue weighted by Gasteiger charge is 2.17. The lowest BCUT2D eigenvalue weighted by Crippen LogP contribution is -2.34. The Labute approximate surface area is 139 Å². The van der Waals surface area contributed by atoms with Gasteiger partial charge in [-0.1, -0.05) is 13.8 Å². The molecule has 0 saturated carbocycles. The predicted molar refractivity (Wildman–Crippen MR) is 91.1 cm³/mol. The molecule has 23 heavy (non-hydrogen) atoms. The highest BCUT2D eigenvalue weighted by atomic mass is 32.2. The molecule has 0 saturated heterocycles. The fraction of sp³-hybridized carbons (Fsp3) is 0.429. The normalized spacial score (nSPS) is 12.0. The van der Waals surface area contributed by atoms with E-state index in [1.54, 1.807) is 18.2 Å². The summed E-state index contributed by atoms with van der Waals surface area (Å²) < 4.78 is 27.4. The van der Waals surface area contributed by atoms with Crippen molar-refractivity contribution in [1.82, 2.24) is 19.8 Å². The lowest BCUT2D eigenvalue weighted by atomic mass is 10.3. The van der Waals surface area contributed by atoms with Gasteiger partial charge < -0.3 is 4.90 Å². The lowest BCUT2D eigenvalue weighted by Gasteiger charge is -2.17. The van der Waals surface area contributed by atoms with Crippen molar-refractivity contribution in [1.29, 1.82) is 0 Å². The van der Waals surface area contributed by atoms with Crippen molar-refractivity contribution < 1.29 is 8.42 Å². The summed E-state index contributed by atoms with van der Waals surface area (Å²) in [5.41, 5.74) is 0.246. The molecule has 0 bridgehead atoms. The third kappa shape index (κ3) is 4.71. The molecule has 0 aliphatic rings. The zero-order valence-electron chi connectivity index (χ0n) is 13.1. The summed E-state index contributed by atoms with van der Waals surface area (Å²) >= 11 is 1.12. The summed E-state index contributed by atoms with van der Waals surface area (Å²) in [6, 6.07) is 6.16. The highest BCUT2D eigenvalue weighted by molar-refractivity contribution is 7.91. The highest BCUT2D eigenvalue weighted by Crippen LogP contribution is 2.28. The maximum Gasteiger partial charge on any atom is 0.264 e. The van der Waals surface area contributed by atoms with Gasteiger partial charge >= 0.3 is 0 Å². The number of hydrogen-bond acceptors (Lipinski definition) is 6. The molecule has 7 nitrogen and oxygen atoms in total. The summed E-state index contributed by atoms with van der Waals surface area (Å²) in [4.78, 5) is 13.8. The molecule has 2 aromatic rings. The van der Waals surface area contributed by atoms with Gasteiger partial charge in [-0.05, 0) is 31.3 Å². The molecule has 0 aliphatic heterocycles. The number of aromatic amines is 1. The smallest absolute Gasteiger partial charge is 0.264 e. The fourth-order valence-corrected chi connectivity index (χ4v) is 4.37. The molecule has 0 aliphatic carbocycles. The van der Waals surface area contributed by atoms with Crippen molar-refractivity contribution in [3.63, 3.8) is 0 Å². The van der Waals surface area contributed by atoms with E-state index in [-0.39, 0.29) is 9.77 Å². The summed E-state index contributed by atoms with van der Waals surface area (Å²) in [6.45, 7) is 6.90. The monoisotopic (exact) mass is 356 g/mol. The van der Waals surface area contributed by atoms with Crippen LogP contribution in [0.15, 0.2) is 33.3 Å². The van der Waals surface area contributed by atoms with E-state index in [4.69, 9.17) is 0 Å². The van der Waals surface area contributed by atoms with Crippen LogP contribution in [0.2, 0.25) is 0 Å². The van der Waals surface area contributed by atoms with Crippen LogP contribution in [0.3, 0.4) is 0 Å². The van der Waals surface area contributed by atoms with Gasteiger partial charge in [0.15, 0.2) is 0 Å². The molecule has 0 atom stereocenters. The van der Waals surface area contributed by atoms with Gasteiger partial charge in [0, 0.05) is 19.2 Å². The van der Waals surface area contributed by atoms with Gasteiger partial charge in [-0.15, -0.1) is 11.3 Å². The quantitative estimate of drug-likeness (QED) is 0.739. The molecule has 2 aromatic heterocycles. The largest absolute Gasteiger partial charge is 0.303 e. The van der Waals surface area contributed by atoms with Crippen LogP contribution in [-0.2, 0) is 10.0 Å². The average Bonchev–Trinajstić information content (AvgIpc) is 3.03. The van der Waals surface area contributed by atoms with E-state index < -0.39 is 10.0 Å². The predicted octanol–water partition coefficient (Wildman–Crippen LogP) is 1.12. The maximum absolute atomic E-state index is 12.3. The Morgan fingerprint density at radius 1 is 1.22 bits per heavy atom. The SMILES string of the molecule is CCN(CC)CCNS(=O)(=O)c1ccc(-c2ccc(=O)[nH]n2)s1. The van der Waals surface area contributed by atoms with E-state index >= 15 is 0 Å². The lowest BCUT2D eigenvalue weighted by molar-refractivity contribution is 0.309. The maximum atomic E-state index is 12.3. The minimum Gasteiger partial charge on any atom is -0.303 e. The second-order valence-electron chi connectivity index (χ2n) is 4.85. The van der Waals surface area contributed by atoms with Gasteiger partial charge in [0.1, 0.15) is 9.90 Å². The van der Waals surface area contributed by atoms with E-state index in [0.717, 1.165) is 24.4 Å². The summed E-state index contributed by atoms with van der Waals surface area (Å²) in [5, 5.41) is 6.24. The number of sulfonamides is 1. The van der Waals surface area contributed by atoms with Crippen LogP contribution in [0.1, 0.15) is 13.8 Å². The van der Waals surface area contributed by atoms with Crippen molar-refractivity contribution in [3.8, 4) is 10.6 Å². The molecule has 9 heteroatoms. The van der Waals surface area contributed by atoms with Crippen molar-refractivity contribution in [2.24, 2.45) is 0 Å². The van der Waals surface area contributed by atoms with Crippen LogP contribution in [0.5, 0.6) is 0 Å². The Morgan fingerprint density at radius 2 is 1.96 bits per heavy atom. The first-order valence-corrected chi connectivity index (χ1v) is 9.64. The van der Waals surface area contributed by atoms with Crippen molar-refractivity contribution in [2.75, 3.05) is 26.2 Å². The standard InChI is InChI=1S/C14H20N4O3S2/c1-3-18(4-2)10-9-15-23(20,21)14-8-6-12(22-14)11-5-7-13(19)17-16-11/h5-8,15H,3-4,9-10H2,1-2H3,(H,17,19). The number of hydrogen-bond donors (Lipinski definition) is 2. The molecule has 2 N–H and O–H groups in total. The average molecular weight is 356 g/mol. The second kappa shape index (κ2) is 7.82. The molecule has 0 aromatic carbocycles. The molecule has 2 rings (SSSR count). The van der Waals surface area contributed by atoms with Crippen LogP contribution in [0.25, 0.3) is 10.6 Å². The van der Waals surface area contributed by atoms with Gasteiger partial charge in [-0.25, -0.2) is 18.2 Å². The third-order valence-corrected chi connectivity index (χ3v) is 6.45. The number of H-pyrrole nitrogens is 1. The van der Waals surface area contributed by atoms with Crippen LogP contribution in [0, 0.1) is 0 Å². The van der Waals surface area contributed by atoms with Crippen LogP contribution in [-0.4, -0.2) is 49.7 Å². The number of likely N-dealkylation sites (N-methyl/N-ethyl adjacent to an activating group) is 1. The zero-order chi connectivity index (χ0) is 16.9. The van der Waals surface area contributed by atoms with Crippen molar-refractivity contribution in [3.05, 3.63) is 34.6 Å². The van der Waals surface area contributed by atoms with E-state index in [9.17, 15) is 13.2 Å². The molecule has 0 amide bonds. The Kier molecular flexibility index (Phi) is 6.05. The first-order valence-electron chi connectivity index (χ1n) is 7.34. The molecule has 0 unspecified atom stereocenters. The van der Waals surface area contributed by atoms with E-state index in [2.05, 4.69) is 19.8 Å². The number of aromatic nitrogens is 2. The summed E-state index contributed by atoms with van der Waals surface area (Å²) in [7, 11) is -3.53. The van der Waals surface area contributed by atoms with Crippen LogP contribution in [0.4, 0.5) is 0 Å². The molecule has 0 radical (unpaired) electrons. The van der Waals surface area contributed by atoms with Crippen LogP contribution >= 0.6 is 11.3 Å². The van der Waals surface area contributed by atoms with Gasteiger partial charge in [-0.2, -0.15) is 5.10 Å². The van der Waals surface area contributed by atoms with Crippen molar-refractivity contribution in [2.45, 2.75) is 18.1 Å². The summed E-state index contributed by atoms with van der Waals surface area (Å²) in [6.07, 6.45) is 0. The van der Waals surface area contributed by atoms with Gasteiger partial charge in [-0.3, -0.25) is 4.79 Å². The van der Waals surface area contributed by atoms with Gasteiger partial charge in [0.2, 0.25) is 10.0 Å². The molecule has 0 fully saturated rings. The third-order valence-electron chi connectivity index (χ3n) is 3.39. The van der Waals surface area contributed by atoms with Crippen molar-refractivity contribution >= 4 is 21.4 Å². The Balaban J connectivity index is 2.06. The first-order chi connectivity index (χ1) is 11.0. The second-order valence-corrected chi connectivity index (χ2v) is 7.93. The molecule has 2 heterocycles. The molecule has 0 spiro atoms. The number of rotatable bonds is 8. The van der Waals surface area contributed by atoms with E-state index in [1.165, 1.54) is 6.07 Å². The number of nitrogens with zero attached hydrogens (tertiary/aromatic N) is 2. The first kappa shape index (κ1) is 17.8. The van der Waals surface area contributed by atoms with Gasteiger partial charge in [0.25, 0.3) is 5.56 Å². The number of nitrogens with one attached hydrogen (secondary N) is 2. The van der Waals surface area contributed by atoms with Crippen LogP contribution < -0.4 is 10.3 Å². The molecule has 126 valence electrons. The van der Waals surface area contributed by atoms with E-state index in [1.807, 2.05) is 13.8 Å². The number of thiophene rings is 1. The molecular weight excluding hydrogens is 336 g/mol. The van der Waals surface area contributed by atoms with Gasteiger partial charge in [0.05, 0.1) is 4.88 Å². The Hall–Kier alpha value is -1.55. The Morgan fingerprint density at radius 3 is 2.57 bits per heavy atom. The fourth-order valence-electron chi connectivity index (χ4n) is 2.03. The molecular formula is C14H20N4O3S2. The minimum absolute atomic E-state index is 0.236. The zero-order valence-corrected chi connectivity index (χ0v) is 14.7. The van der Waals surface area contributed by atoms with E-state index in [0.29, 0.717) is 23.7 Å². The minimum atomic E-state index is -3.53. The Bertz CT molecular complexity index is 774. The topological polar surface area (TPSA) is 95.2 Å².